The first-order valence-corrected chi connectivity index (χ1v) is 14.5. The highest BCUT2D eigenvalue weighted by Crippen LogP contribution is 2.70. The van der Waals surface area contributed by atoms with E-state index in [4.69, 9.17) is 13.9 Å². The fourth-order valence-corrected chi connectivity index (χ4v) is 9.16. The van der Waals surface area contributed by atoms with E-state index >= 15 is 0 Å². The lowest BCUT2D eigenvalue weighted by Crippen LogP contribution is -2.65. The summed E-state index contributed by atoms with van der Waals surface area (Å²) < 4.78 is 16.9. The molecule has 1 aliphatic heterocycles. The van der Waals surface area contributed by atoms with Crippen LogP contribution in [0.25, 0.3) is 0 Å². The number of aliphatic hydroxyl groups is 5. The third-order valence-corrected chi connectivity index (χ3v) is 11.6. The van der Waals surface area contributed by atoms with Gasteiger partial charge in [0.05, 0.1) is 30.2 Å². The van der Waals surface area contributed by atoms with Gasteiger partial charge in [-0.3, -0.25) is 0 Å². The summed E-state index contributed by atoms with van der Waals surface area (Å²) in [7, 11) is 0. The Bertz CT molecular complexity index is 1160. The van der Waals surface area contributed by atoms with Gasteiger partial charge in [0.15, 0.2) is 6.29 Å². The molecule has 4 aliphatic carbocycles. The molecule has 0 aromatic carbocycles. The molecule has 0 bridgehead atoms. The molecule has 1 aromatic heterocycles. The first-order valence-electron chi connectivity index (χ1n) is 14.5. The minimum atomic E-state index is -1.34. The fourth-order valence-electron chi connectivity index (χ4n) is 9.16. The van der Waals surface area contributed by atoms with Crippen LogP contribution >= 0.6 is 0 Å². The molecule has 6 rings (SSSR count). The molecule has 9 heteroatoms. The third kappa shape index (κ3) is 3.95. The van der Waals surface area contributed by atoms with E-state index in [9.17, 15) is 30.3 Å². The standard InChI is InChI=1S/C30H42O9/c1-15-24(33)25(34)26(35)27(38-15)39-18-8-10-28(2)17(12-18)5-6-20-21(28)13-22(31)29(3)19(9-11-30(20,29)36)16-4-7-23(32)37-14-16/h4,7,12,14-15,18-22,24-27,31,33-36H,5-6,8-11,13H2,1-3H3/t15-,18-,19+,20+,21-,22-,24-,25+,26+,27-,28-,29-,30-/m0/s1. The quantitative estimate of drug-likeness (QED) is 0.359. The summed E-state index contributed by atoms with van der Waals surface area (Å²) in [6, 6.07) is 3.18. The van der Waals surface area contributed by atoms with Gasteiger partial charge in [0.25, 0.3) is 0 Å². The second-order valence-corrected chi connectivity index (χ2v) is 13.2. The van der Waals surface area contributed by atoms with Crippen LogP contribution in [-0.2, 0) is 9.47 Å². The summed E-state index contributed by atoms with van der Waals surface area (Å²) in [6.45, 7) is 5.90. The van der Waals surface area contributed by atoms with Gasteiger partial charge < -0.3 is 39.4 Å². The van der Waals surface area contributed by atoms with Gasteiger partial charge in [-0.1, -0.05) is 25.5 Å². The van der Waals surface area contributed by atoms with Crippen molar-refractivity contribution in [3.8, 4) is 0 Å². The van der Waals surface area contributed by atoms with Crippen molar-refractivity contribution in [1.82, 2.24) is 0 Å². The average molecular weight is 547 g/mol. The van der Waals surface area contributed by atoms with E-state index < -0.39 is 53.5 Å². The van der Waals surface area contributed by atoms with Crippen molar-refractivity contribution in [3.05, 3.63) is 46.0 Å². The van der Waals surface area contributed by atoms with Crippen LogP contribution in [0.4, 0.5) is 0 Å². The van der Waals surface area contributed by atoms with Gasteiger partial charge in [0.1, 0.15) is 18.3 Å². The molecule has 0 unspecified atom stereocenters. The molecule has 13 atom stereocenters. The van der Waals surface area contributed by atoms with Gasteiger partial charge >= 0.3 is 5.63 Å². The maximum absolute atomic E-state index is 12.4. The van der Waals surface area contributed by atoms with Crippen LogP contribution in [0, 0.1) is 22.7 Å². The van der Waals surface area contributed by atoms with Gasteiger partial charge in [-0.15, -0.1) is 0 Å². The van der Waals surface area contributed by atoms with Crippen molar-refractivity contribution in [2.24, 2.45) is 22.7 Å². The van der Waals surface area contributed by atoms with Crippen molar-refractivity contribution in [3.63, 3.8) is 0 Å². The molecule has 1 saturated heterocycles. The predicted molar refractivity (Wildman–Crippen MR) is 140 cm³/mol. The zero-order valence-electron chi connectivity index (χ0n) is 22.9. The molecular weight excluding hydrogens is 504 g/mol. The first kappa shape index (κ1) is 27.6. The molecule has 9 nitrogen and oxygen atoms in total. The summed E-state index contributed by atoms with van der Waals surface area (Å²) >= 11 is 0. The van der Waals surface area contributed by atoms with E-state index in [0.717, 1.165) is 31.2 Å². The minimum Gasteiger partial charge on any atom is -0.431 e. The molecule has 5 aliphatic rings. The number of hydrogen-bond acceptors (Lipinski definition) is 9. The fraction of sp³-hybridized carbons (Fsp3) is 0.767. The highest BCUT2D eigenvalue weighted by atomic mass is 16.7. The molecule has 2 heterocycles. The van der Waals surface area contributed by atoms with E-state index in [1.807, 2.05) is 6.92 Å². The molecule has 3 saturated carbocycles. The SMILES string of the molecule is C[C@@H]1O[C@@H](O[C@@H]2C=C3CC[C@@H]4[C@H](C[C@H](O)[C@]5(C)[C@@H](c6ccc(=O)oc6)CC[C@]45O)[C@@]3(C)CC2)[C@H](O)[C@H](O)[C@H]1O. The van der Waals surface area contributed by atoms with E-state index in [2.05, 4.69) is 13.0 Å². The lowest BCUT2D eigenvalue weighted by atomic mass is 9.44. The van der Waals surface area contributed by atoms with Gasteiger partial charge in [-0.2, -0.15) is 0 Å². The van der Waals surface area contributed by atoms with E-state index in [1.54, 1.807) is 13.0 Å². The molecule has 39 heavy (non-hydrogen) atoms. The number of ether oxygens (including phenoxy) is 2. The Hall–Kier alpha value is -1.59. The molecule has 0 spiro atoms. The van der Waals surface area contributed by atoms with Crippen molar-refractivity contribution in [1.29, 1.82) is 0 Å². The van der Waals surface area contributed by atoms with Gasteiger partial charge in [-0.25, -0.2) is 4.79 Å². The summed E-state index contributed by atoms with van der Waals surface area (Å²) in [5, 5.41) is 54.7. The Morgan fingerprint density at radius 1 is 0.974 bits per heavy atom. The summed E-state index contributed by atoms with van der Waals surface area (Å²) in [5.41, 5.74) is -0.294. The highest BCUT2D eigenvalue weighted by molar-refractivity contribution is 5.32. The Kier molecular flexibility index (Phi) is 6.70. The zero-order chi connectivity index (χ0) is 27.9. The van der Waals surface area contributed by atoms with Crippen molar-refractivity contribution < 1.29 is 39.4 Å². The monoisotopic (exact) mass is 546 g/mol. The summed E-state index contributed by atoms with van der Waals surface area (Å²) in [5.74, 6) is 0.0366. The lowest BCUT2D eigenvalue weighted by Gasteiger charge is -2.63. The molecule has 1 aromatic rings. The predicted octanol–water partition coefficient (Wildman–Crippen LogP) is 1.98. The Balaban J connectivity index is 1.24. The second-order valence-electron chi connectivity index (χ2n) is 13.2. The Morgan fingerprint density at radius 2 is 1.74 bits per heavy atom. The van der Waals surface area contributed by atoms with Crippen molar-refractivity contribution in [2.75, 3.05) is 0 Å². The van der Waals surface area contributed by atoms with E-state index in [0.29, 0.717) is 19.3 Å². The topological polar surface area (TPSA) is 150 Å². The molecule has 0 radical (unpaired) electrons. The maximum atomic E-state index is 12.4. The van der Waals surface area contributed by atoms with Crippen LogP contribution in [0.5, 0.6) is 0 Å². The minimum absolute atomic E-state index is 0.0345. The van der Waals surface area contributed by atoms with Crippen molar-refractivity contribution >= 4 is 0 Å². The number of aliphatic hydroxyl groups excluding tert-OH is 4. The Morgan fingerprint density at radius 3 is 2.46 bits per heavy atom. The zero-order valence-corrected chi connectivity index (χ0v) is 22.9. The molecule has 0 amide bonds. The molecule has 5 N–H and O–H groups in total. The number of hydrogen-bond donors (Lipinski definition) is 5. The van der Waals surface area contributed by atoms with Crippen LogP contribution in [-0.4, -0.2) is 74.0 Å². The summed E-state index contributed by atoms with van der Waals surface area (Å²) in [6.07, 6.45) is 2.04. The van der Waals surface area contributed by atoms with Crippen LogP contribution in [0.2, 0.25) is 0 Å². The van der Waals surface area contributed by atoms with Crippen LogP contribution in [0.1, 0.15) is 77.2 Å². The third-order valence-electron chi connectivity index (χ3n) is 11.6. The average Bonchev–Trinajstić information content (AvgIpc) is 3.20. The smallest absolute Gasteiger partial charge is 0.335 e. The van der Waals surface area contributed by atoms with Crippen LogP contribution in [0.3, 0.4) is 0 Å². The number of rotatable bonds is 3. The van der Waals surface area contributed by atoms with Crippen LogP contribution in [0.15, 0.2) is 39.3 Å². The van der Waals surface area contributed by atoms with E-state index in [1.165, 1.54) is 17.9 Å². The second kappa shape index (κ2) is 9.48. The summed E-state index contributed by atoms with van der Waals surface area (Å²) in [4.78, 5) is 11.6. The Labute approximate surface area is 228 Å². The number of allylic oxidation sites excluding steroid dienone is 1. The van der Waals surface area contributed by atoms with E-state index in [-0.39, 0.29) is 29.3 Å². The van der Waals surface area contributed by atoms with Gasteiger partial charge in [0, 0.05) is 11.5 Å². The molecule has 4 fully saturated rings. The van der Waals surface area contributed by atoms with Gasteiger partial charge in [0.2, 0.25) is 0 Å². The largest absolute Gasteiger partial charge is 0.431 e. The van der Waals surface area contributed by atoms with Crippen molar-refractivity contribution in [2.45, 2.75) is 120 Å². The molecular formula is C30H42O9. The van der Waals surface area contributed by atoms with Gasteiger partial charge in [-0.05, 0) is 86.7 Å². The first-order chi connectivity index (χ1) is 18.4. The number of fused-ring (bicyclic) bond motifs is 5. The normalized spacial score (nSPS) is 51.4. The lowest BCUT2D eigenvalue weighted by molar-refractivity contribution is -0.301. The highest BCUT2D eigenvalue weighted by Gasteiger charge is 2.70. The molecule has 216 valence electrons. The maximum Gasteiger partial charge on any atom is 0.335 e. The van der Waals surface area contributed by atoms with Crippen LogP contribution < -0.4 is 5.63 Å².